The average molecular weight is 525 g/mol. The zero-order valence-electron chi connectivity index (χ0n) is 20.4. The SMILES string of the molecule is CC(NC(=O)C1CCC(NS(=O)(=O)c2ccc(-c3ccnc(C(N)=O)c3)cc2)CC1)c1ccc(F)cc1. The minimum Gasteiger partial charge on any atom is -0.364 e. The van der Waals surface area contributed by atoms with E-state index in [9.17, 15) is 22.4 Å². The van der Waals surface area contributed by atoms with Gasteiger partial charge in [0.15, 0.2) is 0 Å². The molecule has 1 aliphatic carbocycles. The van der Waals surface area contributed by atoms with Crippen LogP contribution in [0.1, 0.15) is 54.7 Å². The van der Waals surface area contributed by atoms with Crippen LogP contribution in [0.25, 0.3) is 11.1 Å². The lowest BCUT2D eigenvalue weighted by atomic mass is 9.85. The van der Waals surface area contributed by atoms with Crippen molar-refractivity contribution in [2.24, 2.45) is 11.7 Å². The van der Waals surface area contributed by atoms with Crippen molar-refractivity contribution in [2.45, 2.75) is 49.6 Å². The molecule has 1 aliphatic rings. The van der Waals surface area contributed by atoms with Crippen LogP contribution in [0.15, 0.2) is 71.8 Å². The number of primary amides is 1. The molecule has 1 aromatic heterocycles. The van der Waals surface area contributed by atoms with Crippen LogP contribution in [0.2, 0.25) is 0 Å². The minimum atomic E-state index is -3.74. The molecule has 3 aromatic rings. The number of rotatable bonds is 8. The first-order valence-electron chi connectivity index (χ1n) is 12.1. The van der Waals surface area contributed by atoms with E-state index in [0.29, 0.717) is 31.2 Å². The van der Waals surface area contributed by atoms with Crippen molar-refractivity contribution in [2.75, 3.05) is 0 Å². The second kappa shape index (κ2) is 11.2. The molecule has 1 atom stereocenters. The average Bonchev–Trinajstić information content (AvgIpc) is 2.89. The molecule has 2 amide bonds. The lowest BCUT2D eigenvalue weighted by Crippen LogP contribution is -2.41. The van der Waals surface area contributed by atoms with Gasteiger partial charge in [-0.05, 0) is 85.7 Å². The van der Waals surface area contributed by atoms with Gasteiger partial charge in [0.1, 0.15) is 11.5 Å². The van der Waals surface area contributed by atoms with E-state index in [4.69, 9.17) is 5.73 Å². The highest BCUT2D eigenvalue weighted by molar-refractivity contribution is 7.89. The minimum absolute atomic E-state index is 0.0793. The smallest absolute Gasteiger partial charge is 0.267 e. The summed E-state index contributed by atoms with van der Waals surface area (Å²) < 4.78 is 41.8. The summed E-state index contributed by atoms with van der Waals surface area (Å²) in [5, 5.41) is 2.97. The van der Waals surface area contributed by atoms with E-state index in [1.165, 1.54) is 30.5 Å². The molecule has 0 bridgehead atoms. The Morgan fingerprint density at radius 1 is 0.973 bits per heavy atom. The van der Waals surface area contributed by atoms with Gasteiger partial charge in [-0.25, -0.2) is 17.5 Å². The molecule has 0 saturated heterocycles. The van der Waals surface area contributed by atoms with Crippen LogP contribution in [0.5, 0.6) is 0 Å². The summed E-state index contributed by atoms with van der Waals surface area (Å²) in [7, 11) is -3.74. The maximum Gasteiger partial charge on any atom is 0.267 e. The summed E-state index contributed by atoms with van der Waals surface area (Å²) in [6.45, 7) is 1.85. The zero-order chi connectivity index (χ0) is 26.6. The number of aromatic nitrogens is 1. The van der Waals surface area contributed by atoms with Crippen LogP contribution >= 0.6 is 0 Å². The van der Waals surface area contributed by atoms with Crippen molar-refractivity contribution in [1.29, 1.82) is 0 Å². The maximum absolute atomic E-state index is 13.1. The molecular formula is C27H29FN4O4S. The van der Waals surface area contributed by atoms with Gasteiger partial charge in [0.2, 0.25) is 15.9 Å². The Hall–Kier alpha value is -3.63. The third kappa shape index (κ3) is 6.58. The zero-order valence-corrected chi connectivity index (χ0v) is 21.2. The fourth-order valence-electron chi connectivity index (χ4n) is 4.50. The van der Waals surface area contributed by atoms with Crippen molar-refractivity contribution in [3.8, 4) is 11.1 Å². The van der Waals surface area contributed by atoms with Crippen LogP contribution in [0, 0.1) is 11.7 Å². The predicted octanol–water partition coefficient (Wildman–Crippen LogP) is 3.70. The third-order valence-electron chi connectivity index (χ3n) is 6.66. The van der Waals surface area contributed by atoms with Crippen molar-refractivity contribution >= 4 is 21.8 Å². The van der Waals surface area contributed by atoms with Crippen LogP contribution in [-0.2, 0) is 14.8 Å². The van der Waals surface area contributed by atoms with Crippen molar-refractivity contribution < 1.29 is 22.4 Å². The molecule has 1 unspecified atom stereocenters. The Morgan fingerprint density at radius 3 is 2.24 bits per heavy atom. The Kier molecular flexibility index (Phi) is 7.99. The number of nitrogens with zero attached hydrogens (tertiary/aromatic N) is 1. The molecule has 0 aliphatic heterocycles. The number of nitrogens with two attached hydrogens (primary N) is 1. The Balaban J connectivity index is 1.32. The van der Waals surface area contributed by atoms with Gasteiger partial charge in [-0.15, -0.1) is 0 Å². The van der Waals surface area contributed by atoms with Crippen LogP contribution in [0.4, 0.5) is 4.39 Å². The Labute approximate surface area is 215 Å². The molecule has 1 fully saturated rings. The first-order valence-corrected chi connectivity index (χ1v) is 13.5. The summed E-state index contributed by atoms with van der Waals surface area (Å²) in [6, 6.07) is 15.1. The summed E-state index contributed by atoms with van der Waals surface area (Å²) >= 11 is 0. The molecule has 4 N–H and O–H groups in total. The Bertz CT molecular complexity index is 1370. The molecule has 37 heavy (non-hydrogen) atoms. The van der Waals surface area contributed by atoms with Crippen molar-refractivity contribution in [3.05, 3.63) is 83.9 Å². The summed E-state index contributed by atoms with van der Waals surface area (Å²) in [6.07, 6.45) is 3.71. The van der Waals surface area contributed by atoms with Crippen LogP contribution < -0.4 is 15.8 Å². The highest BCUT2D eigenvalue weighted by Crippen LogP contribution is 2.27. The van der Waals surface area contributed by atoms with Crippen LogP contribution in [-0.4, -0.2) is 31.3 Å². The lowest BCUT2D eigenvalue weighted by molar-refractivity contribution is -0.126. The highest BCUT2D eigenvalue weighted by atomic mass is 32.2. The first-order chi connectivity index (χ1) is 17.6. The monoisotopic (exact) mass is 524 g/mol. The number of sulfonamides is 1. The molecule has 4 rings (SSSR count). The molecule has 1 saturated carbocycles. The fourth-order valence-corrected chi connectivity index (χ4v) is 5.80. The number of hydrogen-bond donors (Lipinski definition) is 3. The molecule has 0 radical (unpaired) electrons. The summed E-state index contributed by atoms with van der Waals surface area (Å²) in [5.41, 5.74) is 7.66. The number of pyridine rings is 1. The molecular weight excluding hydrogens is 495 g/mol. The lowest BCUT2D eigenvalue weighted by Gasteiger charge is -2.29. The molecule has 8 nitrogen and oxygen atoms in total. The van der Waals surface area contributed by atoms with Gasteiger partial charge in [-0.3, -0.25) is 14.6 Å². The number of benzene rings is 2. The Morgan fingerprint density at radius 2 is 1.62 bits per heavy atom. The maximum atomic E-state index is 13.1. The molecule has 10 heteroatoms. The first kappa shape index (κ1) is 26.4. The normalized spacial score (nSPS) is 18.6. The standard InChI is InChI=1S/C27H29FN4O4S/c1-17(18-2-8-22(28)9-3-18)31-27(34)20-4-10-23(11-5-20)32-37(35,36)24-12-6-19(7-13-24)21-14-15-30-25(16-21)26(29)33/h2-3,6-9,12-17,20,23,32H,4-5,10-11H2,1H3,(H2,29,33)(H,31,34). The summed E-state index contributed by atoms with van der Waals surface area (Å²) in [5.74, 6) is -1.25. The van der Waals surface area contributed by atoms with Gasteiger partial charge >= 0.3 is 0 Å². The van der Waals surface area contributed by atoms with Crippen molar-refractivity contribution in [1.82, 2.24) is 15.0 Å². The fraction of sp³-hybridized carbons (Fsp3) is 0.296. The van der Waals surface area contributed by atoms with E-state index in [-0.39, 0.29) is 40.3 Å². The van der Waals surface area contributed by atoms with E-state index in [1.54, 1.807) is 36.4 Å². The second-order valence-corrected chi connectivity index (χ2v) is 11.0. The number of amides is 2. The van der Waals surface area contributed by atoms with E-state index < -0.39 is 15.9 Å². The molecule has 194 valence electrons. The van der Waals surface area contributed by atoms with E-state index in [0.717, 1.165) is 11.1 Å². The number of nitrogens with one attached hydrogen (secondary N) is 2. The van der Waals surface area contributed by atoms with Crippen LogP contribution in [0.3, 0.4) is 0 Å². The van der Waals surface area contributed by atoms with E-state index in [2.05, 4.69) is 15.0 Å². The van der Waals surface area contributed by atoms with Gasteiger partial charge in [0.05, 0.1) is 10.9 Å². The summed E-state index contributed by atoms with van der Waals surface area (Å²) in [4.78, 5) is 28.1. The van der Waals surface area contributed by atoms with Gasteiger partial charge in [-0.1, -0.05) is 24.3 Å². The number of carbonyl (C=O) groups is 2. The van der Waals surface area contributed by atoms with Gasteiger partial charge in [-0.2, -0.15) is 0 Å². The largest absolute Gasteiger partial charge is 0.364 e. The van der Waals surface area contributed by atoms with E-state index in [1.807, 2.05) is 6.92 Å². The third-order valence-corrected chi connectivity index (χ3v) is 8.20. The molecule has 1 heterocycles. The van der Waals surface area contributed by atoms with Crippen molar-refractivity contribution in [3.63, 3.8) is 0 Å². The van der Waals surface area contributed by atoms with Gasteiger partial charge < -0.3 is 11.1 Å². The van der Waals surface area contributed by atoms with Gasteiger partial charge in [0, 0.05) is 18.2 Å². The molecule has 0 spiro atoms. The van der Waals surface area contributed by atoms with E-state index >= 15 is 0 Å². The highest BCUT2D eigenvalue weighted by Gasteiger charge is 2.29. The topological polar surface area (TPSA) is 131 Å². The predicted molar refractivity (Wildman–Crippen MR) is 137 cm³/mol. The second-order valence-electron chi connectivity index (χ2n) is 9.27. The number of halogens is 1. The number of hydrogen-bond acceptors (Lipinski definition) is 5. The number of carbonyl (C=O) groups excluding carboxylic acids is 2. The van der Waals surface area contributed by atoms with Gasteiger partial charge in [0.25, 0.3) is 5.91 Å². The molecule has 2 aromatic carbocycles. The quantitative estimate of drug-likeness (QED) is 0.414.